The van der Waals surface area contributed by atoms with Crippen LogP contribution in [0.1, 0.15) is 104 Å². The van der Waals surface area contributed by atoms with E-state index in [0.717, 1.165) is 42.0 Å². The Morgan fingerprint density at radius 3 is 1.49 bits per heavy atom. The molecule has 0 saturated heterocycles. The molecule has 4 aromatic carbocycles. The Bertz CT molecular complexity index is 2140. The average Bonchev–Trinajstić information content (AvgIpc) is 3.79. The summed E-state index contributed by atoms with van der Waals surface area (Å²) < 4.78 is 63.2. The van der Waals surface area contributed by atoms with Crippen molar-refractivity contribution in [1.82, 2.24) is 0 Å². The monoisotopic (exact) mass is 750 g/mol. The second-order valence-corrected chi connectivity index (χ2v) is 14.2. The number of fused-ring (bicyclic) bond motifs is 2. The smallest absolute Gasteiger partial charge is 0.423 e. The molecule has 0 aromatic heterocycles. The van der Waals surface area contributed by atoms with Crippen molar-refractivity contribution in [1.29, 1.82) is 0 Å². The Balaban J connectivity index is 0.000000185. The van der Waals surface area contributed by atoms with E-state index in [4.69, 9.17) is 10.0 Å². The summed E-state index contributed by atoms with van der Waals surface area (Å²) in [7, 11) is -7.16. The largest absolute Gasteiger partial charge is 0.534 e. The molecule has 0 saturated carbocycles. The van der Waals surface area contributed by atoms with Crippen LogP contribution in [0.2, 0.25) is 0 Å². The zero-order chi connectivity index (χ0) is 39.2. The lowest BCUT2D eigenvalue weighted by Gasteiger charge is -2.14. The highest BCUT2D eigenvalue weighted by atomic mass is 32.2. The van der Waals surface area contributed by atoms with E-state index in [-0.39, 0.29) is 28.9 Å². The van der Waals surface area contributed by atoms with Crippen molar-refractivity contribution in [2.75, 3.05) is 0 Å². The minimum atomic E-state index is -5.69. The predicted molar refractivity (Wildman–Crippen MR) is 194 cm³/mol. The highest BCUT2D eigenvalue weighted by molar-refractivity contribution is 7.88. The first-order valence-electron chi connectivity index (χ1n) is 16.7. The topological polar surface area (TPSA) is 152 Å². The van der Waals surface area contributed by atoms with Crippen LogP contribution in [0.4, 0.5) is 13.2 Å². The maximum absolute atomic E-state index is 12.3. The molecule has 0 heterocycles. The quantitative estimate of drug-likeness (QED) is 0.0900. The Hall–Kier alpha value is -4.92. The van der Waals surface area contributed by atoms with Crippen molar-refractivity contribution in [3.05, 3.63) is 117 Å². The second-order valence-electron chi connectivity index (χ2n) is 12.7. The molecule has 2 aliphatic carbocycles. The number of halogens is 3. The van der Waals surface area contributed by atoms with Gasteiger partial charge in [-0.25, -0.2) is 0 Å². The van der Waals surface area contributed by atoms with Crippen LogP contribution < -0.4 is 9.65 Å². The molecule has 0 atom stereocenters. The van der Waals surface area contributed by atoms with Crippen LogP contribution in [0.5, 0.6) is 5.75 Å². The molecular weight excluding hydrogens is 712 g/mol. The Labute approximate surface area is 306 Å². The standard InChI is InChI=1S/C19H18O2.C12H11F3O4S.C8H9BO3/c1-12(20)14-6-8-15(9-7-14)17-11-10-16(13(2)21)18-4-3-5-19(17)18;1-7(16)8-5-6-11(10-4-2-3-9(8)10)19-20(17,18)12(13,14)15;1-6(10)7-2-4-8(5-3-7)9(11)12/h6-11H,3-5H2,1-2H3;5-6H,2-4H2,1H3;2-5,11-12H,1H3. The SMILES string of the molecule is CC(=O)c1ccc(-c2ccc(C(C)=O)c3c2CCC3)cc1.CC(=O)c1ccc(B(O)O)cc1.CC(=O)c1ccc(OS(=O)(=O)C(F)(F)F)c2c1CCC2. The molecule has 2 aliphatic rings. The summed E-state index contributed by atoms with van der Waals surface area (Å²) in [5, 5.41) is 17.4. The summed E-state index contributed by atoms with van der Waals surface area (Å²) in [6, 6.07) is 20.3. The van der Waals surface area contributed by atoms with Crippen molar-refractivity contribution in [3.8, 4) is 16.9 Å². The minimum absolute atomic E-state index is 0.0334. The van der Waals surface area contributed by atoms with Gasteiger partial charge in [-0.1, -0.05) is 60.7 Å². The molecular formula is C39H38BF3O9S. The molecule has 278 valence electrons. The van der Waals surface area contributed by atoms with E-state index in [1.807, 2.05) is 36.4 Å². The normalized spacial score (nSPS) is 13.0. The number of Topliss-reactive ketones (excluding diaryl/α,β-unsaturated/α-hetero) is 4. The zero-order valence-corrected chi connectivity index (χ0v) is 30.4. The second kappa shape index (κ2) is 16.8. The molecule has 0 radical (unpaired) electrons. The summed E-state index contributed by atoms with van der Waals surface area (Å²) in [5.74, 6) is -0.368. The molecule has 0 amide bonds. The predicted octanol–water partition coefficient (Wildman–Crippen LogP) is 6.42. The Morgan fingerprint density at radius 2 is 1.04 bits per heavy atom. The number of hydrogen-bond donors (Lipinski definition) is 2. The highest BCUT2D eigenvalue weighted by Crippen LogP contribution is 2.37. The van der Waals surface area contributed by atoms with Gasteiger partial charge < -0.3 is 14.2 Å². The van der Waals surface area contributed by atoms with Crippen molar-refractivity contribution >= 4 is 45.8 Å². The summed E-state index contributed by atoms with van der Waals surface area (Å²) in [5.41, 5.74) is 3.26. The van der Waals surface area contributed by atoms with Gasteiger partial charge in [-0.3, -0.25) is 19.2 Å². The van der Waals surface area contributed by atoms with E-state index in [0.29, 0.717) is 47.0 Å². The summed E-state index contributed by atoms with van der Waals surface area (Å²) in [6.45, 7) is 6.02. The van der Waals surface area contributed by atoms with Gasteiger partial charge in [0, 0.05) is 22.3 Å². The number of carbonyl (C=O) groups is 4. The first-order valence-corrected chi connectivity index (χ1v) is 18.1. The van der Waals surface area contributed by atoms with Crippen LogP contribution in [-0.4, -0.2) is 54.2 Å². The molecule has 2 N–H and O–H groups in total. The zero-order valence-electron chi connectivity index (χ0n) is 29.5. The van der Waals surface area contributed by atoms with Gasteiger partial charge in [-0.2, -0.15) is 21.6 Å². The van der Waals surface area contributed by atoms with Crippen molar-refractivity contribution in [2.45, 2.75) is 71.7 Å². The van der Waals surface area contributed by atoms with Gasteiger partial charge >= 0.3 is 22.7 Å². The third-order valence-electron chi connectivity index (χ3n) is 8.99. The molecule has 53 heavy (non-hydrogen) atoms. The third kappa shape index (κ3) is 9.75. The Morgan fingerprint density at radius 1 is 0.604 bits per heavy atom. The van der Waals surface area contributed by atoms with Crippen LogP contribution in [0.25, 0.3) is 11.1 Å². The van der Waals surface area contributed by atoms with Crippen molar-refractivity contribution in [3.63, 3.8) is 0 Å². The molecule has 0 fully saturated rings. The van der Waals surface area contributed by atoms with Gasteiger partial charge in [0.2, 0.25) is 0 Å². The van der Waals surface area contributed by atoms with Gasteiger partial charge in [0.25, 0.3) is 0 Å². The molecule has 0 aliphatic heterocycles. The van der Waals surface area contributed by atoms with Crippen LogP contribution in [0, 0.1) is 0 Å². The number of carbonyl (C=O) groups excluding carboxylic acids is 4. The average molecular weight is 751 g/mol. The van der Waals surface area contributed by atoms with Gasteiger partial charge in [0.1, 0.15) is 5.75 Å². The highest BCUT2D eigenvalue weighted by Gasteiger charge is 2.49. The fourth-order valence-corrected chi connectivity index (χ4v) is 6.81. The van der Waals surface area contributed by atoms with Crippen molar-refractivity contribution < 1.29 is 55.0 Å². The van der Waals surface area contributed by atoms with E-state index in [9.17, 15) is 40.8 Å². The maximum Gasteiger partial charge on any atom is 0.534 e. The Kier molecular flexibility index (Phi) is 13.0. The lowest BCUT2D eigenvalue weighted by molar-refractivity contribution is -0.0500. The third-order valence-corrected chi connectivity index (χ3v) is 9.95. The van der Waals surface area contributed by atoms with E-state index >= 15 is 0 Å². The summed E-state index contributed by atoms with van der Waals surface area (Å²) in [6.07, 6.45) is 4.68. The number of ketones is 4. The molecule has 0 spiro atoms. The van der Waals surface area contributed by atoms with E-state index in [1.165, 1.54) is 48.7 Å². The van der Waals surface area contributed by atoms with E-state index in [1.54, 1.807) is 26.0 Å². The van der Waals surface area contributed by atoms with Crippen LogP contribution in [0.15, 0.2) is 72.8 Å². The van der Waals surface area contributed by atoms with Gasteiger partial charge in [-0.05, 0) is 117 Å². The minimum Gasteiger partial charge on any atom is -0.423 e. The molecule has 14 heteroatoms. The number of benzene rings is 4. The number of rotatable bonds is 8. The van der Waals surface area contributed by atoms with E-state index in [2.05, 4.69) is 4.18 Å². The lowest BCUT2D eigenvalue weighted by Crippen LogP contribution is -2.29. The summed E-state index contributed by atoms with van der Waals surface area (Å²) in [4.78, 5) is 45.3. The molecule has 0 bridgehead atoms. The van der Waals surface area contributed by atoms with Crippen molar-refractivity contribution in [2.24, 2.45) is 0 Å². The molecule has 4 aromatic rings. The van der Waals surface area contributed by atoms with Gasteiger partial charge in [-0.15, -0.1) is 0 Å². The first kappa shape index (κ1) is 40.8. The maximum atomic E-state index is 12.3. The summed E-state index contributed by atoms with van der Waals surface area (Å²) >= 11 is 0. The van der Waals surface area contributed by atoms with Crippen LogP contribution in [0.3, 0.4) is 0 Å². The molecule has 9 nitrogen and oxygen atoms in total. The van der Waals surface area contributed by atoms with Crippen LogP contribution >= 0.6 is 0 Å². The number of hydrogen-bond acceptors (Lipinski definition) is 9. The fourth-order valence-electron chi connectivity index (χ4n) is 6.33. The molecule has 0 unspecified atom stereocenters. The first-order chi connectivity index (χ1) is 24.8. The van der Waals surface area contributed by atoms with Crippen LogP contribution in [-0.2, 0) is 35.8 Å². The number of alkyl halides is 3. The lowest BCUT2D eigenvalue weighted by atomic mass is 9.80. The fraction of sp³-hybridized carbons (Fsp3) is 0.282. The van der Waals surface area contributed by atoms with E-state index < -0.39 is 22.7 Å². The molecule has 6 rings (SSSR count). The van der Waals surface area contributed by atoms with Gasteiger partial charge in [0.15, 0.2) is 23.1 Å². The van der Waals surface area contributed by atoms with Gasteiger partial charge in [0.05, 0.1) is 0 Å².